The predicted octanol–water partition coefficient (Wildman–Crippen LogP) is 8.62. The lowest BCUT2D eigenvalue weighted by atomic mass is 10.1. The Balaban J connectivity index is 1.27. The zero-order valence-corrected chi connectivity index (χ0v) is 30.4. The molecule has 0 saturated heterocycles. The lowest BCUT2D eigenvalue weighted by molar-refractivity contribution is -0.833. The van der Waals surface area contributed by atoms with E-state index in [2.05, 4.69) is 143 Å². The highest BCUT2D eigenvalue weighted by Crippen LogP contribution is 2.52. The van der Waals surface area contributed by atoms with Crippen molar-refractivity contribution in [1.29, 1.82) is 0 Å². The molecule has 4 nitrogen and oxygen atoms in total. The molecule has 234 valence electrons. The number of aryl methyl sites for hydroxylation is 4. The molecule has 6 aromatic rings. The van der Waals surface area contributed by atoms with Crippen molar-refractivity contribution in [1.82, 2.24) is 9.13 Å². The largest absolute Gasteiger partial charge is 0.553 e. The molecule has 6 aromatic heterocycles. The monoisotopic (exact) mass is 704 g/mol. The average molecular weight is 705 g/mol. The van der Waals surface area contributed by atoms with Gasteiger partial charge in [-0.1, -0.05) is 9.15 Å². The molecule has 12 rings (SSSR count). The molecule has 8 heteroatoms. The van der Waals surface area contributed by atoms with Crippen LogP contribution in [-0.4, -0.2) is 29.7 Å². The summed E-state index contributed by atoms with van der Waals surface area (Å²) in [5.41, 5.74) is 12.7. The van der Waals surface area contributed by atoms with Crippen molar-refractivity contribution < 1.29 is 9.15 Å². The van der Waals surface area contributed by atoms with Gasteiger partial charge in [0.2, 0.25) is 22.8 Å². The molecule has 6 aliphatic heterocycles. The topological polar surface area (TPSA) is 15.9 Å². The van der Waals surface area contributed by atoms with Crippen LogP contribution in [0.15, 0.2) is 84.2 Å². The van der Waals surface area contributed by atoms with Crippen LogP contribution in [0.4, 0.5) is 0 Å². The van der Waals surface area contributed by atoms with Crippen LogP contribution in [0, 0.1) is 27.7 Å². The third-order valence-electron chi connectivity index (χ3n) is 10.6. The van der Waals surface area contributed by atoms with Crippen molar-refractivity contribution in [3.05, 3.63) is 136 Å². The summed E-state index contributed by atoms with van der Waals surface area (Å²) in [5.74, 6) is -0.706. The van der Waals surface area contributed by atoms with Gasteiger partial charge in [-0.25, -0.2) is 0 Å². The SMILES string of the molecule is Cc1ccc(C2=CC3=[N+]4C2=Cc2cc(-c5ccc(C)s5)c5n2C42n4c(cc(-c6ccc(C)s6)c4=C3)=CC3=[N+]2C(=C5)C=C3c2ccc(C)s2)s1. The Bertz CT molecular complexity index is 2920. The minimum atomic E-state index is -0.706. The molecule has 1 spiro atoms. The van der Waals surface area contributed by atoms with Crippen LogP contribution in [0.2, 0.25) is 0 Å². The molecule has 0 N–H and O–H groups in total. The van der Waals surface area contributed by atoms with E-state index in [1.807, 2.05) is 45.3 Å². The van der Waals surface area contributed by atoms with Crippen molar-refractivity contribution in [2.75, 3.05) is 0 Å². The molecule has 0 amide bonds. The second-order valence-electron chi connectivity index (χ2n) is 13.6. The highest BCUT2D eigenvalue weighted by Gasteiger charge is 2.71. The third kappa shape index (κ3) is 3.25. The summed E-state index contributed by atoms with van der Waals surface area (Å²) < 4.78 is 10.6. The van der Waals surface area contributed by atoms with Gasteiger partial charge in [-0.2, -0.15) is 9.13 Å². The van der Waals surface area contributed by atoms with E-state index in [1.165, 1.54) is 106 Å². The number of hydrogen-bond acceptors (Lipinski definition) is 4. The standard InChI is InChI=1S/C41H28N4S4/c1-21-5-9-37(46-21)29-13-25-18-34-31(39-11-7-23(3)48-39)15-27-20-36-32(40-12-8-24(4)49-40)16-28-19-35-30(38-10-6-22(2)47-38)14-26-17-33(29)42(25)41(43(26)35,44(27)34)45(28)36/h5-20H,1-4H3/q+2. The van der Waals surface area contributed by atoms with Crippen LogP contribution in [-0.2, 0) is 5.91 Å². The van der Waals surface area contributed by atoms with Crippen LogP contribution in [0.5, 0.6) is 0 Å². The lowest BCUT2D eigenvalue weighted by Gasteiger charge is -2.37. The fourth-order valence-electron chi connectivity index (χ4n) is 8.78. The smallest absolute Gasteiger partial charge is 0.199 e. The van der Waals surface area contributed by atoms with Gasteiger partial charge in [0.25, 0.3) is 0 Å². The van der Waals surface area contributed by atoms with Crippen LogP contribution >= 0.6 is 45.3 Å². The second-order valence-corrected chi connectivity index (χ2v) is 18.8. The predicted molar refractivity (Wildman–Crippen MR) is 207 cm³/mol. The van der Waals surface area contributed by atoms with E-state index in [0.717, 1.165) is 0 Å². The molecule has 49 heavy (non-hydrogen) atoms. The van der Waals surface area contributed by atoms with Gasteiger partial charge in [-0.15, -0.1) is 45.3 Å². The first-order chi connectivity index (χ1) is 23.9. The Kier molecular flexibility index (Phi) is 4.97. The van der Waals surface area contributed by atoms with Crippen LogP contribution in [0.25, 0.3) is 56.3 Å². The van der Waals surface area contributed by atoms with E-state index in [1.54, 1.807) is 0 Å². The van der Waals surface area contributed by atoms with E-state index in [0.29, 0.717) is 0 Å². The maximum Gasteiger partial charge on any atom is 0.553 e. The summed E-state index contributed by atoms with van der Waals surface area (Å²) in [6.45, 7) is 8.85. The normalized spacial score (nSPS) is 20.2. The van der Waals surface area contributed by atoms with Gasteiger partial charge >= 0.3 is 5.91 Å². The van der Waals surface area contributed by atoms with Gasteiger partial charge in [0.1, 0.15) is 0 Å². The number of aromatic nitrogens is 2. The highest BCUT2D eigenvalue weighted by atomic mass is 32.1. The van der Waals surface area contributed by atoms with Crippen molar-refractivity contribution in [3.63, 3.8) is 0 Å². The highest BCUT2D eigenvalue weighted by molar-refractivity contribution is 7.16. The Morgan fingerprint density at radius 2 is 1.18 bits per heavy atom. The minimum Gasteiger partial charge on any atom is -0.199 e. The Labute approximate surface area is 298 Å². The minimum absolute atomic E-state index is 0.706. The number of thiophene rings is 4. The summed E-state index contributed by atoms with van der Waals surface area (Å²) >= 11 is 7.54. The van der Waals surface area contributed by atoms with Crippen molar-refractivity contribution in [2.24, 2.45) is 0 Å². The third-order valence-corrected chi connectivity index (χ3v) is 14.8. The number of rotatable bonds is 4. The molecule has 6 aliphatic rings. The van der Waals surface area contributed by atoms with Crippen LogP contribution in [0.1, 0.15) is 40.7 Å². The average Bonchev–Trinajstić information content (AvgIpc) is 3.92. The lowest BCUT2D eigenvalue weighted by Crippen LogP contribution is -2.69. The molecule has 0 aromatic carbocycles. The zero-order valence-electron chi connectivity index (χ0n) is 27.2. The number of hydrogen-bond donors (Lipinski definition) is 0. The van der Waals surface area contributed by atoms with Gasteiger partial charge in [0.15, 0.2) is 0 Å². The number of allylic oxidation sites excluding steroid dienone is 4. The molecule has 0 bridgehead atoms. The second kappa shape index (κ2) is 8.94. The summed E-state index contributed by atoms with van der Waals surface area (Å²) in [4.78, 5) is 10.6. The van der Waals surface area contributed by atoms with Crippen LogP contribution in [0.3, 0.4) is 0 Å². The Morgan fingerprint density at radius 1 is 0.551 bits per heavy atom. The molecule has 0 aliphatic carbocycles. The molecule has 1 unspecified atom stereocenters. The molecule has 1 atom stereocenters. The fourth-order valence-corrected chi connectivity index (χ4v) is 12.4. The molecular weight excluding hydrogens is 677 g/mol. The van der Waals surface area contributed by atoms with E-state index >= 15 is 0 Å². The first-order valence-electron chi connectivity index (χ1n) is 16.6. The summed E-state index contributed by atoms with van der Waals surface area (Å²) in [6, 6.07) is 23.2. The number of nitrogens with zero attached hydrogens (tertiary/aromatic N) is 4. The van der Waals surface area contributed by atoms with Crippen molar-refractivity contribution in [2.45, 2.75) is 33.6 Å². The van der Waals surface area contributed by atoms with Gasteiger partial charge in [0, 0.05) is 86.6 Å². The van der Waals surface area contributed by atoms with Gasteiger partial charge in [-0.3, -0.25) is 0 Å². The summed E-state index contributed by atoms with van der Waals surface area (Å²) in [7, 11) is 0. The van der Waals surface area contributed by atoms with E-state index in [4.69, 9.17) is 0 Å². The van der Waals surface area contributed by atoms with E-state index in [9.17, 15) is 0 Å². The summed E-state index contributed by atoms with van der Waals surface area (Å²) in [6.07, 6.45) is 14.7. The van der Waals surface area contributed by atoms with E-state index in [-0.39, 0.29) is 0 Å². The molecule has 0 fully saturated rings. The molecule has 0 saturated carbocycles. The van der Waals surface area contributed by atoms with Crippen LogP contribution < -0.4 is 10.7 Å². The van der Waals surface area contributed by atoms with E-state index < -0.39 is 5.91 Å². The quantitative estimate of drug-likeness (QED) is 0.164. The summed E-state index contributed by atoms with van der Waals surface area (Å²) in [5, 5.41) is 2.50. The molecular formula is C41H28N4S4+2. The van der Waals surface area contributed by atoms with Gasteiger partial charge < -0.3 is 0 Å². The van der Waals surface area contributed by atoms with Crippen molar-refractivity contribution >= 4 is 92.2 Å². The molecule has 12 heterocycles. The zero-order chi connectivity index (χ0) is 32.5. The Hall–Kier alpha value is -4.60. The first kappa shape index (κ1) is 27.2. The Morgan fingerprint density at radius 3 is 1.84 bits per heavy atom. The first-order valence-corrected chi connectivity index (χ1v) is 19.8. The van der Waals surface area contributed by atoms with Crippen molar-refractivity contribution in [3.8, 4) is 20.9 Å². The maximum absolute atomic E-state index is 2.65. The fraction of sp³-hybridized carbons (Fsp3) is 0.122. The molecule has 0 radical (unpaired) electrons. The maximum atomic E-state index is 2.65. The van der Waals surface area contributed by atoms with Gasteiger partial charge in [-0.05, 0) is 88.4 Å². The van der Waals surface area contributed by atoms with Gasteiger partial charge in [0.05, 0.1) is 33.2 Å².